The average molecular weight is 415 g/mol. The molecule has 5 rings (SSSR count). The molecule has 2 aliphatic rings. The van der Waals surface area contributed by atoms with Gasteiger partial charge in [0.25, 0.3) is 5.91 Å². The number of ether oxygens (including phenoxy) is 2. The van der Waals surface area contributed by atoms with E-state index in [1.54, 1.807) is 11.0 Å². The third kappa shape index (κ3) is 3.60. The first kappa shape index (κ1) is 19.2. The molecule has 0 bridgehead atoms. The van der Waals surface area contributed by atoms with Gasteiger partial charge in [0.1, 0.15) is 22.8 Å². The van der Waals surface area contributed by atoms with Crippen LogP contribution in [0.1, 0.15) is 16.9 Å². The molecule has 3 aromatic rings. The van der Waals surface area contributed by atoms with Crippen LogP contribution in [-0.4, -0.2) is 52.3 Å². The van der Waals surface area contributed by atoms with Crippen molar-refractivity contribution < 1.29 is 14.3 Å². The van der Waals surface area contributed by atoms with Gasteiger partial charge in [-0.1, -0.05) is 30.3 Å². The Hall–Kier alpha value is -3.83. The maximum absolute atomic E-state index is 12.9. The number of likely N-dealkylation sites (tertiary alicyclic amines) is 1. The number of aromatic amines is 1. The highest BCUT2D eigenvalue weighted by Crippen LogP contribution is 2.36. The Labute approximate surface area is 179 Å². The molecule has 2 aliphatic heterocycles. The lowest BCUT2D eigenvalue weighted by atomic mass is 9.89. The maximum Gasteiger partial charge on any atom is 0.269 e. The number of para-hydroxylation sites is 2. The monoisotopic (exact) mass is 415 g/mol. The topological polar surface area (TPSA) is 103 Å². The van der Waals surface area contributed by atoms with Gasteiger partial charge in [-0.3, -0.25) is 9.89 Å². The first-order valence-electron chi connectivity index (χ1n) is 10.1. The number of nitrogens with one attached hydrogen (secondary N) is 2. The van der Waals surface area contributed by atoms with Crippen molar-refractivity contribution in [3.05, 3.63) is 66.4 Å². The second kappa shape index (κ2) is 7.78. The molecule has 1 aromatic heterocycles. The van der Waals surface area contributed by atoms with Crippen LogP contribution in [0.4, 0.5) is 0 Å². The molecule has 3 heterocycles. The van der Waals surface area contributed by atoms with Gasteiger partial charge in [-0.15, -0.1) is 0 Å². The van der Waals surface area contributed by atoms with E-state index in [1.807, 2.05) is 54.6 Å². The van der Waals surface area contributed by atoms with E-state index < -0.39 is 5.60 Å². The lowest BCUT2D eigenvalue weighted by Crippen LogP contribution is -2.59. The van der Waals surface area contributed by atoms with E-state index in [-0.39, 0.29) is 11.9 Å². The second-order valence-electron chi connectivity index (χ2n) is 7.75. The number of hydrogen-bond donors (Lipinski definition) is 2. The van der Waals surface area contributed by atoms with E-state index >= 15 is 0 Å². The summed E-state index contributed by atoms with van der Waals surface area (Å²) < 4.78 is 11.8. The molecule has 0 unspecified atom stereocenters. The molecule has 0 radical (unpaired) electrons. The Kier molecular flexibility index (Phi) is 4.81. The third-order valence-electron chi connectivity index (χ3n) is 5.81. The Morgan fingerprint density at radius 2 is 2.03 bits per heavy atom. The van der Waals surface area contributed by atoms with Crippen LogP contribution in [0.15, 0.2) is 60.7 Å². The number of hydrogen-bond acceptors (Lipinski definition) is 6. The zero-order valence-corrected chi connectivity index (χ0v) is 16.7. The largest absolute Gasteiger partial charge is 0.457 e. The number of aromatic nitrogens is 2. The lowest BCUT2D eigenvalue weighted by molar-refractivity contribution is -0.147. The first-order chi connectivity index (χ1) is 15.2. The van der Waals surface area contributed by atoms with Crippen molar-refractivity contribution in [1.82, 2.24) is 20.4 Å². The molecule has 0 saturated carbocycles. The van der Waals surface area contributed by atoms with Crippen LogP contribution in [0.2, 0.25) is 0 Å². The molecular formula is C23H21N5O3. The van der Waals surface area contributed by atoms with E-state index in [0.29, 0.717) is 36.8 Å². The molecule has 2 fully saturated rings. The van der Waals surface area contributed by atoms with Crippen molar-refractivity contribution in [1.29, 1.82) is 5.26 Å². The zero-order chi connectivity index (χ0) is 21.3. The number of carbonyl (C=O) groups excluding carboxylic acids is 1. The Balaban J connectivity index is 1.34. The number of H-pyrrole nitrogens is 1. The summed E-state index contributed by atoms with van der Waals surface area (Å²) in [5.41, 5.74) is 1.26. The Morgan fingerprint density at radius 1 is 1.26 bits per heavy atom. The van der Waals surface area contributed by atoms with Crippen LogP contribution in [0.25, 0.3) is 11.3 Å². The van der Waals surface area contributed by atoms with Crippen molar-refractivity contribution in [2.24, 2.45) is 0 Å². The number of nitriles is 1. The Bertz CT molecular complexity index is 1130. The first-order valence-corrected chi connectivity index (χ1v) is 10.1. The summed E-state index contributed by atoms with van der Waals surface area (Å²) in [6, 6.07) is 18.5. The van der Waals surface area contributed by atoms with Gasteiger partial charge < -0.3 is 19.7 Å². The highest BCUT2D eigenvalue weighted by Gasteiger charge is 2.53. The van der Waals surface area contributed by atoms with Crippen LogP contribution in [0.3, 0.4) is 0 Å². The van der Waals surface area contributed by atoms with Crippen molar-refractivity contribution >= 4 is 5.91 Å². The van der Waals surface area contributed by atoms with Crippen LogP contribution >= 0.6 is 0 Å². The smallest absolute Gasteiger partial charge is 0.269 e. The normalized spacial score (nSPS) is 22.0. The van der Waals surface area contributed by atoms with Crippen LogP contribution in [0, 0.1) is 11.5 Å². The van der Waals surface area contributed by atoms with E-state index in [1.165, 1.54) is 0 Å². The van der Waals surface area contributed by atoms with Crippen molar-refractivity contribution in [2.75, 3.05) is 19.7 Å². The standard InChI is InChI=1S/C23H21N5O3/c24-15-28-13-21(23(14-28)10-11-30-23)25-22(29)19-12-18(26-27-19)17-8-4-5-9-20(17)31-16-6-2-1-3-7-16/h1-9,12,21H,10-11,13-14H2,(H,25,29)(H,26,27)/t21-,23+/m1/s1. The quantitative estimate of drug-likeness (QED) is 0.621. The number of carbonyl (C=O) groups is 1. The molecule has 2 saturated heterocycles. The molecule has 1 spiro atoms. The number of rotatable bonds is 5. The Morgan fingerprint density at radius 3 is 2.77 bits per heavy atom. The fourth-order valence-corrected chi connectivity index (χ4v) is 4.10. The highest BCUT2D eigenvalue weighted by molar-refractivity contribution is 5.94. The molecular weight excluding hydrogens is 394 g/mol. The summed E-state index contributed by atoms with van der Waals surface area (Å²) in [5, 5.41) is 19.4. The van der Waals surface area contributed by atoms with Gasteiger partial charge >= 0.3 is 0 Å². The van der Waals surface area contributed by atoms with Gasteiger partial charge in [0.05, 0.1) is 31.4 Å². The second-order valence-corrected chi connectivity index (χ2v) is 7.75. The van der Waals surface area contributed by atoms with Crippen LogP contribution < -0.4 is 10.1 Å². The molecule has 8 heteroatoms. The van der Waals surface area contributed by atoms with Crippen LogP contribution in [0.5, 0.6) is 11.5 Å². The number of amides is 1. The maximum atomic E-state index is 12.9. The lowest BCUT2D eigenvalue weighted by Gasteiger charge is -2.42. The SMILES string of the molecule is N#CN1C[C@@H](NC(=O)c2cc(-c3ccccc3Oc3ccccc3)n[nH]2)[C@]2(CCO2)C1. The summed E-state index contributed by atoms with van der Waals surface area (Å²) in [7, 11) is 0. The van der Waals surface area contributed by atoms with Gasteiger partial charge in [0.15, 0.2) is 6.19 Å². The third-order valence-corrected chi connectivity index (χ3v) is 5.81. The molecule has 1 amide bonds. The minimum absolute atomic E-state index is 0.242. The minimum Gasteiger partial charge on any atom is -0.457 e. The van der Waals surface area contributed by atoms with Crippen molar-refractivity contribution in [2.45, 2.75) is 18.1 Å². The minimum atomic E-state index is -0.468. The van der Waals surface area contributed by atoms with E-state index in [4.69, 9.17) is 9.47 Å². The molecule has 2 atom stereocenters. The fraction of sp³-hybridized carbons (Fsp3) is 0.261. The molecule has 0 aliphatic carbocycles. The summed E-state index contributed by atoms with van der Waals surface area (Å²) in [4.78, 5) is 14.5. The zero-order valence-electron chi connectivity index (χ0n) is 16.7. The van der Waals surface area contributed by atoms with Gasteiger partial charge in [0.2, 0.25) is 0 Å². The van der Waals surface area contributed by atoms with Gasteiger partial charge in [-0.05, 0) is 30.3 Å². The van der Waals surface area contributed by atoms with Crippen LogP contribution in [-0.2, 0) is 4.74 Å². The fourth-order valence-electron chi connectivity index (χ4n) is 4.10. The number of nitrogens with zero attached hydrogens (tertiary/aromatic N) is 3. The highest BCUT2D eigenvalue weighted by atomic mass is 16.5. The molecule has 2 aromatic carbocycles. The summed E-state index contributed by atoms with van der Waals surface area (Å²) in [6.45, 7) is 1.60. The van der Waals surface area contributed by atoms with E-state index in [0.717, 1.165) is 17.7 Å². The van der Waals surface area contributed by atoms with Crippen molar-refractivity contribution in [3.8, 4) is 28.9 Å². The van der Waals surface area contributed by atoms with Gasteiger partial charge in [-0.25, -0.2) is 0 Å². The summed E-state index contributed by atoms with van der Waals surface area (Å²) >= 11 is 0. The predicted octanol–water partition coefficient (Wildman–Crippen LogP) is 2.92. The summed E-state index contributed by atoms with van der Waals surface area (Å²) in [6.07, 6.45) is 2.98. The molecule has 8 nitrogen and oxygen atoms in total. The van der Waals surface area contributed by atoms with Gasteiger partial charge in [0, 0.05) is 12.0 Å². The van der Waals surface area contributed by atoms with E-state index in [2.05, 4.69) is 21.7 Å². The predicted molar refractivity (Wildman–Crippen MR) is 112 cm³/mol. The van der Waals surface area contributed by atoms with Gasteiger partial charge in [-0.2, -0.15) is 10.4 Å². The summed E-state index contributed by atoms with van der Waals surface area (Å²) in [5.74, 6) is 1.09. The number of benzene rings is 2. The van der Waals surface area contributed by atoms with E-state index in [9.17, 15) is 10.1 Å². The molecule has 156 valence electrons. The molecule has 31 heavy (non-hydrogen) atoms. The average Bonchev–Trinajstić information content (AvgIpc) is 3.40. The molecule has 2 N–H and O–H groups in total. The van der Waals surface area contributed by atoms with Crippen molar-refractivity contribution in [3.63, 3.8) is 0 Å².